The number of sulfonamides is 1. The van der Waals surface area contributed by atoms with Gasteiger partial charge in [0, 0.05) is 36.6 Å². The molecule has 248 valence electrons. The number of carbonyl (C=O) groups is 2. The van der Waals surface area contributed by atoms with Crippen molar-refractivity contribution in [3.05, 3.63) is 60.2 Å². The van der Waals surface area contributed by atoms with Crippen molar-refractivity contribution in [2.24, 2.45) is 0 Å². The first-order valence-electron chi connectivity index (χ1n) is 12.5. The lowest BCUT2D eigenvalue weighted by Crippen LogP contribution is -2.51. The Morgan fingerprint density at radius 3 is 1.68 bits per heavy atom. The number of methoxy groups -OCH3 is 2. The first kappa shape index (κ1) is 39.5. The summed E-state index contributed by atoms with van der Waals surface area (Å²) >= 11 is 0. The Hall–Kier alpha value is -2.50. The van der Waals surface area contributed by atoms with E-state index in [0.717, 1.165) is 59.9 Å². The first-order valence-corrected chi connectivity index (χ1v) is 16.2. The average molecular weight is 712 g/mol. The number of ether oxygens (including phenoxy) is 2. The number of benzene rings is 2. The van der Waals surface area contributed by atoms with Crippen molar-refractivity contribution in [1.82, 2.24) is 9.62 Å². The topological polar surface area (TPSA) is 136 Å². The first-order chi connectivity index (χ1) is 19.8. The average Bonchev–Trinajstić information content (AvgIpc) is 3.47. The minimum atomic E-state index is -4.13. The van der Waals surface area contributed by atoms with Crippen LogP contribution in [0.15, 0.2) is 58.3 Å². The van der Waals surface area contributed by atoms with Crippen LogP contribution in [-0.2, 0) is 38.1 Å². The van der Waals surface area contributed by atoms with Gasteiger partial charge in [0.2, 0.25) is 10.0 Å². The van der Waals surface area contributed by atoms with E-state index in [4.69, 9.17) is 10.7 Å². The Labute approximate surface area is 263 Å². The summed E-state index contributed by atoms with van der Waals surface area (Å²) in [6, 6.07) is 8.43. The normalized spacial score (nSPS) is 24.9. The van der Waals surface area contributed by atoms with Gasteiger partial charge in [-0.1, -0.05) is 0 Å². The molecule has 10 nitrogen and oxygen atoms in total. The van der Waals surface area contributed by atoms with Gasteiger partial charge in [0.25, 0.3) is 9.05 Å². The molecule has 2 heterocycles. The van der Waals surface area contributed by atoms with Crippen LogP contribution in [0.1, 0.15) is 26.7 Å². The molecule has 0 bridgehead atoms. The van der Waals surface area contributed by atoms with Crippen LogP contribution in [0.25, 0.3) is 0 Å². The van der Waals surface area contributed by atoms with Crippen molar-refractivity contribution in [3.8, 4) is 0 Å². The Bertz CT molecular complexity index is 1500. The van der Waals surface area contributed by atoms with Crippen molar-refractivity contribution >= 4 is 54.1 Å². The molecule has 4 rings (SSSR count). The van der Waals surface area contributed by atoms with Gasteiger partial charge in [-0.05, 0) is 62.4 Å². The highest BCUT2D eigenvalue weighted by Crippen LogP contribution is 2.37. The van der Waals surface area contributed by atoms with Gasteiger partial charge >= 0.3 is 11.9 Å². The Balaban J connectivity index is 0.000000357. The highest BCUT2D eigenvalue weighted by molar-refractivity contribution is 8.13. The molecule has 2 aliphatic heterocycles. The van der Waals surface area contributed by atoms with E-state index in [-0.39, 0.29) is 41.6 Å². The fourth-order valence-electron chi connectivity index (χ4n) is 4.38. The van der Waals surface area contributed by atoms with Crippen molar-refractivity contribution in [2.75, 3.05) is 27.3 Å². The number of esters is 2. The Morgan fingerprint density at radius 1 is 0.841 bits per heavy atom. The van der Waals surface area contributed by atoms with Gasteiger partial charge in [-0.15, -0.1) is 12.4 Å². The standard InChI is InChI=1S/C13H15F2NO4S.C7H12FNO2.C6H4ClFO2S.ClH/c1-13(12(17)20-2)7-10(15)8-16(13)21(18,19)11-5-3-9(14)4-6-11;1-7(6(10)11-2)3-5(8)4-9-7;7-11(9,10)6-3-1-5(8)2-4-6;/h3-6,10H,7-8H2,1-2H3;5,9H,3-4H2,1-2H3;1-4H;1H/t10-,13?;5-,7?;;/m11../s1. The van der Waals surface area contributed by atoms with E-state index in [1.54, 1.807) is 6.92 Å². The van der Waals surface area contributed by atoms with E-state index in [2.05, 4.69) is 14.8 Å². The lowest BCUT2D eigenvalue weighted by molar-refractivity contribution is -0.150. The Morgan fingerprint density at radius 2 is 1.30 bits per heavy atom. The Kier molecular flexibility index (Phi) is 14.1. The molecule has 2 aromatic carbocycles. The van der Waals surface area contributed by atoms with Crippen LogP contribution < -0.4 is 5.32 Å². The third-order valence-corrected chi connectivity index (χ3v) is 10.0. The highest BCUT2D eigenvalue weighted by atomic mass is 35.7. The third kappa shape index (κ3) is 9.75. The molecule has 2 fully saturated rings. The second-order valence-corrected chi connectivity index (χ2v) is 14.4. The SMILES string of the molecule is COC(=O)C1(C)C[C@@H](F)CN1.COC(=O)C1(C)C[C@@H](F)CN1S(=O)(=O)c1ccc(F)cc1.Cl.O=S(=O)(Cl)c1ccc(F)cc1. The fraction of sp³-hybridized carbons (Fsp3) is 0.462. The summed E-state index contributed by atoms with van der Waals surface area (Å²) in [5.74, 6) is -2.30. The van der Waals surface area contributed by atoms with Crippen LogP contribution >= 0.6 is 23.1 Å². The molecule has 4 atom stereocenters. The smallest absolute Gasteiger partial charge is 0.327 e. The lowest BCUT2D eigenvalue weighted by atomic mass is 10.0. The number of hydrogen-bond donors (Lipinski definition) is 1. The van der Waals surface area contributed by atoms with E-state index in [0.29, 0.717) is 0 Å². The largest absolute Gasteiger partial charge is 0.468 e. The van der Waals surface area contributed by atoms with Gasteiger partial charge in [0.1, 0.15) is 35.1 Å². The summed E-state index contributed by atoms with van der Waals surface area (Å²) in [6.45, 7) is 2.77. The van der Waals surface area contributed by atoms with Crippen molar-refractivity contribution in [1.29, 1.82) is 0 Å². The molecule has 0 amide bonds. The van der Waals surface area contributed by atoms with E-state index < -0.39 is 72.6 Å². The maximum atomic E-state index is 13.7. The lowest BCUT2D eigenvalue weighted by Gasteiger charge is -2.31. The molecule has 2 unspecified atom stereocenters. The second kappa shape index (κ2) is 15.7. The number of halogens is 6. The quantitative estimate of drug-likeness (QED) is 0.278. The number of nitrogens with one attached hydrogen (secondary N) is 1. The molecule has 0 spiro atoms. The van der Waals surface area contributed by atoms with E-state index in [9.17, 15) is 44.0 Å². The fourth-order valence-corrected chi connectivity index (χ4v) is 6.92. The predicted octanol–water partition coefficient (Wildman–Crippen LogP) is 3.91. The summed E-state index contributed by atoms with van der Waals surface area (Å²) in [5, 5.41) is 2.78. The molecule has 2 aliphatic rings. The minimum absolute atomic E-state index is 0. The zero-order chi connectivity index (χ0) is 32.8. The van der Waals surface area contributed by atoms with Crippen LogP contribution in [0.4, 0.5) is 17.6 Å². The van der Waals surface area contributed by atoms with Gasteiger partial charge in [-0.25, -0.2) is 34.4 Å². The monoisotopic (exact) mass is 710 g/mol. The van der Waals surface area contributed by atoms with Gasteiger partial charge in [0.05, 0.1) is 24.0 Å². The van der Waals surface area contributed by atoms with Gasteiger partial charge in [-0.3, -0.25) is 14.9 Å². The van der Waals surface area contributed by atoms with Crippen LogP contribution in [0.2, 0.25) is 0 Å². The summed E-state index contributed by atoms with van der Waals surface area (Å²) in [5.41, 5.74) is -2.42. The number of alkyl halides is 2. The highest BCUT2D eigenvalue weighted by Gasteiger charge is 2.54. The zero-order valence-electron chi connectivity index (χ0n) is 23.9. The van der Waals surface area contributed by atoms with Crippen LogP contribution in [0, 0.1) is 11.6 Å². The molecule has 0 radical (unpaired) electrons. The van der Waals surface area contributed by atoms with Gasteiger partial charge in [0.15, 0.2) is 0 Å². The maximum Gasteiger partial charge on any atom is 0.327 e. The molecular formula is C26H32Cl2F4N2O8S2. The van der Waals surface area contributed by atoms with Crippen LogP contribution in [-0.4, -0.2) is 83.8 Å². The maximum absolute atomic E-state index is 13.7. The molecule has 0 aromatic heterocycles. The predicted molar refractivity (Wildman–Crippen MR) is 155 cm³/mol. The second-order valence-electron chi connectivity index (χ2n) is 9.95. The molecule has 2 aromatic rings. The molecular weight excluding hydrogens is 679 g/mol. The van der Waals surface area contributed by atoms with Crippen molar-refractivity contribution in [2.45, 2.75) is 59.9 Å². The molecule has 2 saturated heterocycles. The summed E-state index contributed by atoms with van der Waals surface area (Å²) in [6.07, 6.45) is -2.47. The molecule has 0 saturated carbocycles. The van der Waals surface area contributed by atoms with Crippen molar-refractivity contribution < 1.29 is 53.5 Å². The molecule has 18 heteroatoms. The number of hydrogen-bond acceptors (Lipinski definition) is 9. The number of nitrogens with zero attached hydrogens (tertiary/aromatic N) is 1. The molecule has 1 N–H and O–H groups in total. The van der Waals surface area contributed by atoms with E-state index in [1.807, 2.05) is 0 Å². The summed E-state index contributed by atoms with van der Waals surface area (Å²) < 4.78 is 108. The number of carbonyl (C=O) groups excluding carboxylic acids is 2. The molecule has 44 heavy (non-hydrogen) atoms. The summed E-state index contributed by atoms with van der Waals surface area (Å²) in [7, 11) is -0.459. The minimum Gasteiger partial charge on any atom is -0.468 e. The van der Waals surface area contributed by atoms with Crippen LogP contribution in [0.5, 0.6) is 0 Å². The zero-order valence-corrected chi connectivity index (χ0v) is 27.1. The third-order valence-electron chi connectivity index (χ3n) is 6.63. The van der Waals surface area contributed by atoms with E-state index in [1.165, 1.54) is 14.0 Å². The summed E-state index contributed by atoms with van der Waals surface area (Å²) in [4.78, 5) is 22.6. The number of rotatable bonds is 5. The van der Waals surface area contributed by atoms with Gasteiger partial charge in [-0.2, -0.15) is 4.31 Å². The van der Waals surface area contributed by atoms with E-state index >= 15 is 0 Å². The van der Waals surface area contributed by atoms with Gasteiger partial charge < -0.3 is 9.47 Å². The van der Waals surface area contributed by atoms with Crippen molar-refractivity contribution in [3.63, 3.8) is 0 Å². The molecule has 0 aliphatic carbocycles. The van der Waals surface area contributed by atoms with Crippen LogP contribution in [0.3, 0.4) is 0 Å².